The van der Waals surface area contributed by atoms with Crippen molar-refractivity contribution in [2.24, 2.45) is 0 Å². The van der Waals surface area contributed by atoms with E-state index in [-0.39, 0.29) is 11.7 Å². The van der Waals surface area contributed by atoms with Crippen molar-refractivity contribution in [3.8, 4) is 0 Å². The third-order valence-electron chi connectivity index (χ3n) is 5.00. The topological polar surface area (TPSA) is 84.3 Å². The minimum Gasteiger partial charge on any atom is -0.338 e. The lowest BCUT2D eigenvalue weighted by molar-refractivity contribution is -0.384. The Morgan fingerprint density at radius 2 is 1.45 bits per heavy atom. The van der Waals surface area contributed by atoms with Gasteiger partial charge in [0.2, 0.25) is 0 Å². The average Bonchev–Trinajstić information content (AvgIpc) is 2.76. The normalized spacial score (nSPS) is 11.3. The van der Waals surface area contributed by atoms with Gasteiger partial charge in [-0.25, -0.2) is 4.79 Å². The molecule has 0 heterocycles. The highest BCUT2D eigenvalue weighted by molar-refractivity contribution is 5.89. The molecule has 0 aliphatic heterocycles. The first-order valence-electron chi connectivity index (χ1n) is 11.7. The van der Waals surface area contributed by atoms with E-state index >= 15 is 0 Å². The highest BCUT2D eigenvalue weighted by Gasteiger charge is 2.05. The molecule has 0 aromatic heterocycles. The van der Waals surface area contributed by atoms with Crippen LogP contribution in [0, 0.1) is 10.1 Å². The number of non-ortho nitro benzene ring substituents is 1. The number of nitro groups is 1. The van der Waals surface area contributed by atoms with Gasteiger partial charge in [-0.05, 0) is 50.7 Å². The molecule has 1 rings (SSSR count). The molecular formula is C25H39N3O3. The van der Waals surface area contributed by atoms with Crippen molar-refractivity contribution in [2.45, 2.75) is 84.0 Å². The second kappa shape index (κ2) is 18.2. The smallest absolute Gasteiger partial charge is 0.319 e. The lowest BCUT2D eigenvalue weighted by Crippen LogP contribution is -2.29. The van der Waals surface area contributed by atoms with Gasteiger partial charge in [-0.1, -0.05) is 69.8 Å². The fourth-order valence-corrected chi connectivity index (χ4v) is 3.16. The van der Waals surface area contributed by atoms with Crippen molar-refractivity contribution >= 4 is 17.4 Å². The summed E-state index contributed by atoms with van der Waals surface area (Å²) >= 11 is 0. The standard InChI is InChI=1S/C25H39N3O3/c1-2-3-4-5-6-7-8-9-10-11-12-13-14-15-16-17-22-26-25(29)27-23-18-20-24(21-19-23)28(30)31/h6-7,9-10,18-21H,2-5,8,11-17,22H2,1H3,(H2,26,27,29)/b7-6+,10-9+. The summed E-state index contributed by atoms with van der Waals surface area (Å²) in [6.45, 7) is 2.87. The van der Waals surface area contributed by atoms with Gasteiger partial charge in [0.15, 0.2) is 0 Å². The molecule has 0 bridgehead atoms. The van der Waals surface area contributed by atoms with Crippen LogP contribution in [0.15, 0.2) is 48.6 Å². The van der Waals surface area contributed by atoms with Crippen molar-refractivity contribution in [3.63, 3.8) is 0 Å². The van der Waals surface area contributed by atoms with E-state index in [1.165, 1.54) is 75.6 Å². The molecule has 0 spiro atoms. The zero-order valence-corrected chi connectivity index (χ0v) is 19.0. The molecule has 0 saturated carbocycles. The molecule has 0 unspecified atom stereocenters. The molecule has 0 fully saturated rings. The highest BCUT2D eigenvalue weighted by atomic mass is 16.6. The Hall–Kier alpha value is -2.63. The van der Waals surface area contributed by atoms with Gasteiger partial charge in [-0.3, -0.25) is 10.1 Å². The molecule has 0 radical (unpaired) electrons. The van der Waals surface area contributed by atoms with Gasteiger partial charge in [0.25, 0.3) is 5.69 Å². The zero-order chi connectivity index (χ0) is 22.6. The maximum atomic E-state index is 11.8. The van der Waals surface area contributed by atoms with Gasteiger partial charge in [-0.2, -0.15) is 0 Å². The maximum Gasteiger partial charge on any atom is 0.319 e. The Morgan fingerprint density at radius 1 is 0.871 bits per heavy atom. The van der Waals surface area contributed by atoms with E-state index in [4.69, 9.17) is 0 Å². The summed E-state index contributed by atoms with van der Waals surface area (Å²) < 4.78 is 0. The molecular weight excluding hydrogens is 390 g/mol. The average molecular weight is 430 g/mol. The lowest BCUT2D eigenvalue weighted by Gasteiger charge is -2.07. The number of nitrogens with one attached hydrogen (secondary N) is 2. The Bertz CT molecular complexity index is 669. The van der Waals surface area contributed by atoms with Crippen LogP contribution in [-0.2, 0) is 0 Å². The van der Waals surface area contributed by atoms with E-state index in [2.05, 4.69) is 41.9 Å². The fourth-order valence-electron chi connectivity index (χ4n) is 3.16. The zero-order valence-electron chi connectivity index (χ0n) is 19.0. The number of carbonyl (C=O) groups excluding carboxylic acids is 1. The van der Waals surface area contributed by atoms with E-state index < -0.39 is 4.92 Å². The van der Waals surface area contributed by atoms with E-state index in [1.807, 2.05) is 0 Å². The van der Waals surface area contributed by atoms with Gasteiger partial charge in [0.05, 0.1) is 4.92 Å². The second-order valence-electron chi connectivity index (χ2n) is 7.77. The first-order valence-corrected chi connectivity index (χ1v) is 11.7. The van der Waals surface area contributed by atoms with Crippen LogP contribution in [0.25, 0.3) is 0 Å². The van der Waals surface area contributed by atoms with E-state index in [0.717, 1.165) is 25.7 Å². The monoisotopic (exact) mass is 429 g/mol. The number of benzene rings is 1. The largest absolute Gasteiger partial charge is 0.338 e. The molecule has 0 aliphatic rings. The number of anilines is 1. The summed E-state index contributed by atoms with van der Waals surface area (Å²) in [5.41, 5.74) is 0.549. The first kappa shape index (κ1) is 26.4. The first-order chi connectivity index (χ1) is 15.1. The minimum absolute atomic E-state index is 0.00676. The Morgan fingerprint density at radius 3 is 2.06 bits per heavy atom. The van der Waals surface area contributed by atoms with E-state index in [9.17, 15) is 14.9 Å². The van der Waals surface area contributed by atoms with Crippen LogP contribution in [0.1, 0.15) is 84.0 Å². The third-order valence-corrected chi connectivity index (χ3v) is 5.00. The van der Waals surface area contributed by atoms with Crippen LogP contribution >= 0.6 is 0 Å². The summed E-state index contributed by atoms with van der Waals surface area (Å²) in [4.78, 5) is 22.0. The number of hydrogen-bond acceptors (Lipinski definition) is 3. The predicted molar refractivity (Wildman–Crippen MR) is 129 cm³/mol. The highest BCUT2D eigenvalue weighted by Crippen LogP contribution is 2.15. The second-order valence-corrected chi connectivity index (χ2v) is 7.77. The van der Waals surface area contributed by atoms with Crippen molar-refractivity contribution in [1.82, 2.24) is 5.32 Å². The number of rotatable bonds is 17. The van der Waals surface area contributed by atoms with Gasteiger partial charge < -0.3 is 10.6 Å². The molecule has 0 atom stereocenters. The predicted octanol–water partition coefficient (Wildman–Crippen LogP) is 7.53. The summed E-state index contributed by atoms with van der Waals surface area (Å²) in [5, 5.41) is 16.1. The summed E-state index contributed by atoms with van der Waals surface area (Å²) in [6, 6.07) is 5.52. The molecule has 0 saturated heterocycles. The van der Waals surface area contributed by atoms with Gasteiger partial charge in [0, 0.05) is 24.4 Å². The molecule has 172 valence electrons. The van der Waals surface area contributed by atoms with Crippen LogP contribution < -0.4 is 10.6 Å². The van der Waals surface area contributed by atoms with Crippen LogP contribution in [0.3, 0.4) is 0 Å². The number of unbranched alkanes of at least 4 members (excludes halogenated alkanes) is 9. The van der Waals surface area contributed by atoms with Gasteiger partial charge in [0.1, 0.15) is 0 Å². The van der Waals surface area contributed by atoms with Crippen molar-refractivity contribution in [2.75, 3.05) is 11.9 Å². The number of hydrogen-bond donors (Lipinski definition) is 2. The molecule has 2 N–H and O–H groups in total. The number of allylic oxidation sites excluding steroid dienone is 4. The minimum atomic E-state index is -0.463. The number of urea groups is 1. The quantitative estimate of drug-likeness (QED) is 0.116. The maximum absolute atomic E-state index is 11.8. The van der Waals surface area contributed by atoms with Crippen molar-refractivity contribution in [3.05, 3.63) is 58.7 Å². The summed E-state index contributed by atoms with van der Waals surface area (Å²) in [7, 11) is 0. The van der Waals surface area contributed by atoms with Gasteiger partial charge in [-0.15, -0.1) is 0 Å². The Kier molecular flexibility index (Phi) is 15.5. The van der Waals surface area contributed by atoms with Gasteiger partial charge >= 0.3 is 6.03 Å². The summed E-state index contributed by atoms with van der Waals surface area (Å²) in [6.07, 6.45) is 23.5. The Balaban J connectivity index is 1.91. The van der Waals surface area contributed by atoms with E-state index in [0.29, 0.717) is 12.2 Å². The Labute approximate surface area is 187 Å². The fraction of sp³-hybridized carbons (Fsp3) is 0.560. The SMILES string of the molecule is CCCCC/C=C/C/C=C/CCCCCCCCNC(=O)Nc1ccc([N+](=O)[O-])cc1. The molecule has 0 aliphatic carbocycles. The van der Waals surface area contributed by atoms with Crippen LogP contribution in [0.2, 0.25) is 0 Å². The van der Waals surface area contributed by atoms with Crippen LogP contribution in [-0.4, -0.2) is 17.5 Å². The summed E-state index contributed by atoms with van der Waals surface area (Å²) in [5.74, 6) is 0. The number of amides is 2. The number of nitro benzene ring substituents is 1. The van der Waals surface area contributed by atoms with Crippen molar-refractivity contribution in [1.29, 1.82) is 0 Å². The molecule has 6 nitrogen and oxygen atoms in total. The van der Waals surface area contributed by atoms with Crippen LogP contribution in [0.5, 0.6) is 0 Å². The third kappa shape index (κ3) is 14.9. The van der Waals surface area contributed by atoms with Crippen LogP contribution in [0.4, 0.5) is 16.2 Å². The molecule has 2 amide bonds. The molecule has 31 heavy (non-hydrogen) atoms. The molecule has 1 aromatic carbocycles. The van der Waals surface area contributed by atoms with Crippen molar-refractivity contribution < 1.29 is 9.72 Å². The lowest BCUT2D eigenvalue weighted by atomic mass is 10.1. The van der Waals surface area contributed by atoms with E-state index in [1.54, 1.807) is 0 Å². The number of carbonyl (C=O) groups is 1. The number of nitrogens with zero attached hydrogens (tertiary/aromatic N) is 1. The molecule has 6 heteroatoms. The molecule has 1 aromatic rings.